The van der Waals surface area contributed by atoms with Gasteiger partial charge in [-0.2, -0.15) is 0 Å². The number of benzene rings is 2. The van der Waals surface area contributed by atoms with Crippen LogP contribution in [-0.2, 0) is 16.4 Å². The summed E-state index contributed by atoms with van der Waals surface area (Å²) in [6, 6.07) is 14.4. The van der Waals surface area contributed by atoms with Gasteiger partial charge in [-0.25, -0.2) is 8.42 Å². The summed E-state index contributed by atoms with van der Waals surface area (Å²) >= 11 is 13.8. The lowest BCUT2D eigenvalue weighted by Crippen LogP contribution is -2.40. The number of rotatable bonds is 4. The summed E-state index contributed by atoms with van der Waals surface area (Å²) in [5.74, 6) is -0.153. The zero-order chi connectivity index (χ0) is 19.9. The van der Waals surface area contributed by atoms with E-state index in [2.05, 4.69) is 0 Å². The molecule has 1 unspecified atom stereocenters. The van der Waals surface area contributed by atoms with Gasteiger partial charge < -0.3 is 4.90 Å². The van der Waals surface area contributed by atoms with E-state index in [1.807, 2.05) is 36.4 Å². The highest BCUT2D eigenvalue weighted by Gasteiger charge is 2.36. The highest BCUT2D eigenvalue weighted by molar-refractivity contribution is 7.91. The lowest BCUT2D eigenvalue weighted by molar-refractivity contribution is 0.0686. The molecular weight excluding hydrogens is 437 g/mol. The van der Waals surface area contributed by atoms with Crippen LogP contribution in [0.3, 0.4) is 0 Å². The monoisotopic (exact) mass is 453 g/mol. The molecule has 1 fully saturated rings. The number of nitrogens with zero attached hydrogens (tertiary/aromatic N) is 1. The zero-order valence-electron chi connectivity index (χ0n) is 14.8. The van der Waals surface area contributed by atoms with E-state index >= 15 is 0 Å². The van der Waals surface area contributed by atoms with Gasteiger partial charge in [0.25, 0.3) is 5.91 Å². The Bertz CT molecular complexity index is 1140. The fourth-order valence-corrected chi connectivity index (χ4v) is 6.78. The van der Waals surface area contributed by atoms with Crippen molar-refractivity contribution in [3.05, 3.63) is 69.0 Å². The molecule has 2 heterocycles. The second kappa shape index (κ2) is 7.67. The van der Waals surface area contributed by atoms with Gasteiger partial charge in [0.2, 0.25) is 0 Å². The molecule has 1 saturated heterocycles. The van der Waals surface area contributed by atoms with Crippen molar-refractivity contribution in [3.63, 3.8) is 0 Å². The normalized spacial score (nSPS) is 18.4. The van der Waals surface area contributed by atoms with Gasteiger partial charge in [-0.05, 0) is 30.2 Å². The minimum Gasteiger partial charge on any atom is -0.330 e. The summed E-state index contributed by atoms with van der Waals surface area (Å²) in [5, 5.41) is 1.87. The highest BCUT2D eigenvalue weighted by atomic mass is 35.5. The third kappa shape index (κ3) is 3.92. The molecule has 1 atom stereocenters. The van der Waals surface area contributed by atoms with E-state index in [9.17, 15) is 13.2 Å². The molecule has 4 nitrogen and oxygen atoms in total. The van der Waals surface area contributed by atoms with Gasteiger partial charge in [-0.1, -0.05) is 53.5 Å². The van der Waals surface area contributed by atoms with Crippen LogP contribution in [0.15, 0.2) is 48.5 Å². The molecule has 0 N–H and O–H groups in total. The molecule has 8 heteroatoms. The van der Waals surface area contributed by atoms with Crippen molar-refractivity contribution in [2.75, 3.05) is 11.5 Å². The predicted molar refractivity (Wildman–Crippen MR) is 115 cm³/mol. The molecule has 2 aromatic carbocycles. The number of carbonyl (C=O) groups is 1. The average molecular weight is 454 g/mol. The van der Waals surface area contributed by atoms with E-state index in [0.717, 1.165) is 15.6 Å². The number of sulfone groups is 1. The highest BCUT2D eigenvalue weighted by Crippen LogP contribution is 2.37. The van der Waals surface area contributed by atoms with E-state index in [0.29, 0.717) is 27.9 Å². The van der Waals surface area contributed by atoms with Gasteiger partial charge in [-0.15, -0.1) is 11.3 Å². The maximum absolute atomic E-state index is 13.4. The summed E-state index contributed by atoms with van der Waals surface area (Å²) in [6.45, 7) is 0.306. The van der Waals surface area contributed by atoms with Crippen molar-refractivity contribution in [2.24, 2.45) is 0 Å². The molecule has 1 aliphatic heterocycles. The molecule has 0 aliphatic carbocycles. The first-order chi connectivity index (χ1) is 13.3. The van der Waals surface area contributed by atoms with Crippen LogP contribution in [0.2, 0.25) is 10.0 Å². The van der Waals surface area contributed by atoms with Crippen molar-refractivity contribution < 1.29 is 13.2 Å². The third-order valence-corrected chi connectivity index (χ3v) is 8.57. The first-order valence-corrected chi connectivity index (χ1v) is 12.2. The number of halogens is 2. The molecule has 3 aromatic rings. The van der Waals surface area contributed by atoms with Gasteiger partial charge in [0, 0.05) is 27.7 Å². The van der Waals surface area contributed by atoms with Crippen LogP contribution in [0.4, 0.5) is 0 Å². The third-order valence-electron chi connectivity index (χ3n) is 4.91. The number of carbonyl (C=O) groups excluding carboxylic acids is 1. The topological polar surface area (TPSA) is 54.5 Å². The van der Waals surface area contributed by atoms with Crippen molar-refractivity contribution in [3.8, 4) is 0 Å². The van der Waals surface area contributed by atoms with Crippen LogP contribution < -0.4 is 0 Å². The van der Waals surface area contributed by atoms with Gasteiger partial charge in [-0.3, -0.25) is 4.79 Å². The summed E-state index contributed by atoms with van der Waals surface area (Å²) in [4.78, 5) is 15.5. The van der Waals surface area contributed by atoms with Crippen molar-refractivity contribution in [1.29, 1.82) is 0 Å². The van der Waals surface area contributed by atoms with Crippen LogP contribution in [0, 0.1) is 0 Å². The molecule has 1 aromatic heterocycles. The second-order valence-corrected chi connectivity index (χ2v) is 11.0. The average Bonchev–Trinajstić information content (AvgIpc) is 3.20. The Hall–Kier alpha value is -1.60. The Labute approximate surface area is 177 Å². The molecule has 1 aliphatic rings. The Morgan fingerprint density at radius 2 is 1.82 bits per heavy atom. The summed E-state index contributed by atoms with van der Waals surface area (Å²) in [5.41, 5.74) is 0.888. The second-order valence-electron chi connectivity index (χ2n) is 6.86. The molecule has 4 rings (SSSR count). The van der Waals surface area contributed by atoms with Crippen LogP contribution in [-0.4, -0.2) is 36.8 Å². The minimum atomic E-state index is -3.13. The largest absolute Gasteiger partial charge is 0.330 e. The SMILES string of the molecule is O=C(c1sc2ccccc2c1Cl)N(Cc1ccc(Cl)cc1)C1CCS(=O)(=O)C1. The fourth-order valence-electron chi connectivity index (χ4n) is 3.46. The Morgan fingerprint density at radius 3 is 2.46 bits per heavy atom. The predicted octanol–water partition coefficient (Wildman–Crippen LogP) is 5.04. The zero-order valence-corrected chi connectivity index (χ0v) is 17.9. The maximum atomic E-state index is 13.4. The summed E-state index contributed by atoms with van der Waals surface area (Å²) in [7, 11) is -3.13. The van der Waals surface area contributed by atoms with Gasteiger partial charge >= 0.3 is 0 Å². The molecule has 0 spiro atoms. The number of hydrogen-bond donors (Lipinski definition) is 0. The summed E-state index contributed by atoms with van der Waals surface area (Å²) < 4.78 is 25.0. The van der Waals surface area contributed by atoms with Crippen LogP contribution >= 0.6 is 34.5 Å². The molecule has 1 amide bonds. The number of thiophene rings is 1. The Balaban J connectivity index is 1.72. The Morgan fingerprint density at radius 1 is 1.11 bits per heavy atom. The lowest BCUT2D eigenvalue weighted by atomic mass is 10.1. The van der Waals surface area contributed by atoms with Gasteiger partial charge in [0.05, 0.1) is 16.5 Å². The molecule has 28 heavy (non-hydrogen) atoms. The standard InChI is InChI=1S/C20H17Cl2NO3S2/c21-14-7-5-13(6-8-14)11-23(15-9-10-28(25,26)12-15)20(24)19-18(22)16-3-1-2-4-17(16)27-19/h1-8,15H,9-12H2. The van der Waals surface area contributed by atoms with Crippen LogP contribution in [0.1, 0.15) is 21.7 Å². The van der Waals surface area contributed by atoms with Crippen molar-refractivity contribution in [1.82, 2.24) is 4.90 Å². The maximum Gasteiger partial charge on any atom is 0.266 e. The fraction of sp³-hybridized carbons (Fsp3) is 0.250. The Kier molecular flexibility index (Phi) is 5.40. The van der Waals surface area contributed by atoms with Gasteiger partial charge in [0.1, 0.15) is 4.88 Å². The molecule has 146 valence electrons. The molecule has 0 radical (unpaired) electrons. The molecular formula is C20H17Cl2NO3S2. The first-order valence-electron chi connectivity index (χ1n) is 8.77. The number of hydrogen-bond acceptors (Lipinski definition) is 4. The van der Waals surface area contributed by atoms with E-state index in [-0.39, 0.29) is 23.5 Å². The first kappa shape index (κ1) is 19.7. The smallest absolute Gasteiger partial charge is 0.266 e. The summed E-state index contributed by atoms with van der Waals surface area (Å²) in [6.07, 6.45) is 0.435. The van der Waals surface area contributed by atoms with E-state index < -0.39 is 9.84 Å². The van der Waals surface area contributed by atoms with Crippen LogP contribution in [0.5, 0.6) is 0 Å². The van der Waals surface area contributed by atoms with Crippen molar-refractivity contribution in [2.45, 2.75) is 19.0 Å². The molecule has 0 bridgehead atoms. The van der Waals surface area contributed by atoms with E-state index in [1.54, 1.807) is 17.0 Å². The minimum absolute atomic E-state index is 0.0190. The van der Waals surface area contributed by atoms with E-state index in [4.69, 9.17) is 23.2 Å². The quantitative estimate of drug-likeness (QED) is 0.555. The van der Waals surface area contributed by atoms with Gasteiger partial charge in [0.15, 0.2) is 9.84 Å². The van der Waals surface area contributed by atoms with E-state index in [1.165, 1.54) is 11.3 Å². The number of fused-ring (bicyclic) bond motifs is 1. The number of amides is 1. The molecule has 0 saturated carbocycles. The lowest BCUT2D eigenvalue weighted by Gasteiger charge is -2.28. The van der Waals surface area contributed by atoms with Crippen molar-refractivity contribution >= 4 is 60.4 Å². The van der Waals surface area contributed by atoms with Crippen LogP contribution in [0.25, 0.3) is 10.1 Å².